The summed E-state index contributed by atoms with van der Waals surface area (Å²) in [5.41, 5.74) is 1.72. The van der Waals surface area contributed by atoms with Crippen LogP contribution in [0.25, 0.3) is 0 Å². The molecule has 0 radical (unpaired) electrons. The van der Waals surface area contributed by atoms with Gasteiger partial charge in [-0.1, -0.05) is 0 Å². The lowest BCUT2D eigenvalue weighted by atomic mass is 10.0. The number of nitriles is 1. The lowest BCUT2D eigenvalue weighted by molar-refractivity contribution is -0.116. The Bertz CT molecular complexity index is 790. The summed E-state index contributed by atoms with van der Waals surface area (Å²) in [5, 5.41) is 8.95. The Morgan fingerprint density at radius 1 is 1.25 bits per heavy atom. The van der Waals surface area contributed by atoms with E-state index in [1.807, 2.05) is 0 Å². The maximum Gasteiger partial charge on any atom is 0.243 e. The molecule has 3 rings (SSSR count). The summed E-state index contributed by atoms with van der Waals surface area (Å²) in [5.74, 6) is -0.0748. The van der Waals surface area contributed by atoms with Crippen LogP contribution in [0.5, 0.6) is 0 Å². The minimum Gasteiger partial charge on any atom is -0.312 e. The quantitative estimate of drug-likeness (QED) is 0.818. The lowest BCUT2D eigenvalue weighted by Crippen LogP contribution is -2.38. The third kappa shape index (κ3) is 3.04. The van der Waals surface area contributed by atoms with Crippen molar-refractivity contribution in [1.82, 2.24) is 4.31 Å². The average Bonchev–Trinajstić information content (AvgIpc) is 2.60. The number of benzene rings is 1. The van der Waals surface area contributed by atoms with E-state index in [-0.39, 0.29) is 16.7 Å². The topological polar surface area (TPSA) is 81.5 Å². The minimum atomic E-state index is -3.54. The van der Waals surface area contributed by atoms with E-state index in [1.54, 1.807) is 23.1 Å². The van der Waals surface area contributed by atoms with Gasteiger partial charge in [0.25, 0.3) is 0 Å². The molecule has 0 aromatic heterocycles. The molecule has 0 spiro atoms. The molecule has 0 saturated carbocycles. The highest BCUT2D eigenvalue weighted by molar-refractivity contribution is 7.89. The average molecular weight is 347 g/mol. The smallest absolute Gasteiger partial charge is 0.243 e. The van der Waals surface area contributed by atoms with Crippen molar-refractivity contribution in [3.05, 3.63) is 23.8 Å². The van der Waals surface area contributed by atoms with Crippen LogP contribution in [0, 0.1) is 17.2 Å². The van der Waals surface area contributed by atoms with Crippen LogP contribution in [-0.4, -0.2) is 38.3 Å². The largest absolute Gasteiger partial charge is 0.312 e. The highest BCUT2D eigenvalue weighted by Gasteiger charge is 2.30. The van der Waals surface area contributed by atoms with Crippen LogP contribution in [0.2, 0.25) is 0 Å². The number of amides is 1. The number of anilines is 1. The van der Waals surface area contributed by atoms with Crippen LogP contribution < -0.4 is 4.90 Å². The summed E-state index contributed by atoms with van der Waals surface area (Å²) in [6.45, 7) is 2.98. The van der Waals surface area contributed by atoms with Crippen LogP contribution in [0.15, 0.2) is 23.1 Å². The summed E-state index contributed by atoms with van der Waals surface area (Å²) in [6, 6.07) is 7.25. The molecule has 0 unspecified atom stereocenters. The Kier molecular flexibility index (Phi) is 4.61. The first-order chi connectivity index (χ1) is 11.4. The molecule has 7 heteroatoms. The fourth-order valence-corrected chi connectivity index (χ4v) is 4.96. The third-order valence-electron chi connectivity index (χ3n) is 4.82. The Hall–Kier alpha value is -1.91. The van der Waals surface area contributed by atoms with Crippen molar-refractivity contribution >= 4 is 21.6 Å². The Morgan fingerprint density at radius 2 is 1.96 bits per heavy atom. The summed E-state index contributed by atoms with van der Waals surface area (Å²) in [4.78, 5) is 13.7. The number of sulfonamides is 1. The fourth-order valence-electron chi connectivity index (χ4n) is 3.44. The summed E-state index contributed by atoms with van der Waals surface area (Å²) in [6.07, 6.45) is 2.78. The summed E-state index contributed by atoms with van der Waals surface area (Å²) >= 11 is 0. The molecule has 1 aromatic rings. The van der Waals surface area contributed by atoms with Crippen LogP contribution >= 0.6 is 0 Å². The van der Waals surface area contributed by atoms with Crippen LogP contribution in [0.4, 0.5) is 5.69 Å². The SMILES string of the molecule is CC(=O)N1CCCc2cc(S(=O)(=O)N3CCC(C#N)CC3)ccc21. The number of hydrogen-bond acceptors (Lipinski definition) is 4. The normalized spacial score (nSPS) is 19.6. The molecule has 0 bridgehead atoms. The molecule has 1 saturated heterocycles. The Labute approximate surface area is 142 Å². The predicted molar refractivity (Wildman–Crippen MR) is 89.9 cm³/mol. The van der Waals surface area contributed by atoms with Gasteiger partial charge in [0, 0.05) is 38.2 Å². The number of aryl methyl sites for hydroxylation is 1. The van der Waals surface area contributed by atoms with Gasteiger partial charge in [-0.05, 0) is 49.4 Å². The first kappa shape index (κ1) is 16.9. The monoisotopic (exact) mass is 347 g/mol. The van der Waals surface area contributed by atoms with Gasteiger partial charge in [-0.25, -0.2) is 8.42 Å². The molecule has 0 aliphatic carbocycles. The van der Waals surface area contributed by atoms with Crippen molar-refractivity contribution < 1.29 is 13.2 Å². The van der Waals surface area contributed by atoms with Crippen LogP contribution in [0.3, 0.4) is 0 Å². The molecule has 2 aliphatic heterocycles. The second kappa shape index (κ2) is 6.54. The van der Waals surface area contributed by atoms with E-state index in [0.29, 0.717) is 32.5 Å². The standard InChI is InChI=1S/C17H21N3O3S/c1-13(21)20-8-2-3-15-11-16(4-5-17(15)20)24(22,23)19-9-6-14(12-18)7-10-19/h4-5,11,14H,2-3,6-10H2,1H3. The maximum atomic E-state index is 12.8. The fraction of sp³-hybridized carbons (Fsp3) is 0.529. The number of rotatable bonds is 2. The molecule has 6 nitrogen and oxygen atoms in total. The van der Waals surface area contributed by atoms with Gasteiger partial charge in [0.2, 0.25) is 15.9 Å². The second-order valence-corrected chi connectivity index (χ2v) is 8.31. The van der Waals surface area contributed by atoms with E-state index in [0.717, 1.165) is 24.1 Å². The van der Waals surface area contributed by atoms with Gasteiger partial charge in [-0.3, -0.25) is 4.79 Å². The highest BCUT2D eigenvalue weighted by Crippen LogP contribution is 2.31. The molecule has 24 heavy (non-hydrogen) atoms. The first-order valence-corrected chi connectivity index (χ1v) is 9.68. The van der Waals surface area contributed by atoms with Crippen molar-refractivity contribution in [1.29, 1.82) is 5.26 Å². The molecule has 128 valence electrons. The zero-order valence-corrected chi connectivity index (χ0v) is 14.6. The number of hydrogen-bond donors (Lipinski definition) is 0. The Balaban J connectivity index is 1.88. The maximum absolute atomic E-state index is 12.8. The van der Waals surface area contributed by atoms with Crippen molar-refractivity contribution in [2.45, 2.75) is 37.5 Å². The molecule has 1 aromatic carbocycles. The van der Waals surface area contributed by atoms with Gasteiger partial charge in [0.15, 0.2) is 0 Å². The highest BCUT2D eigenvalue weighted by atomic mass is 32.2. The number of nitrogens with zero attached hydrogens (tertiary/aromatic N) is 3. The van der Waals surface area contributed by atoms with E-state index >= 15 is 0 Å². The van der Waals surface area contributed by atoms with Crippen molar-refractivity contribution in [2.75, 3.05) is 24.5 Å². The summed E-state index contributed by atoms with van der Waals surface area (Å²) in [7, 11) is -3.54. The number of carbonyl (C=O) groups excluding carboxylic acids is 1. The molecule has 2 heterocycles. The van der Waals surface area contributed by atoms with Crippen LogP contribution in [0.1, 0.15) is 31.7 Å². The van der Waals surface area contributed by atoms with Crippen LogP contribution in [-0.2, 0) is 21.2 Å². The van der Waals surface area contributed by atoms with E-state index in [4.69, 9.17) is 5.26 Å². The third-order valence-corrected chi connectivity index (χ3v) is 6.72. The summed E-state index contributed by atoms with van der Waals surface area (Å²) < 4.78 is 27.2. The predicted octanol–water partition coefficient (Wildman–Crippen LogP) is 1.91. The van der Waals surface area contributed by atoms with Crippen molar-refractivity contribution in [3.63, 3.8) is 0 Å². The molecule has 0 N–H and O–H groups in total. The lowest BCUT2D eigenvalue weighted by Gasteiger charge is -2.31. The minimum absolute atomic E-state index is 0.0230. The van der Waals surface area contributed by atoms with Gasteiger partial charge in [-0.15, -0.1) is 0 Å². The zero-order chi connectivity index (χ0) is 17.3. The number of carbonyl (C=O) groups is 1. The van der Waals surface area contributed by atoms with E-state index in [2.05, 4.69) is 6.07 Å². The van der Waals surface area contributed by atoms with E-state index < -0.39 is 10.0 Å². The molecule has 1 fully saturated rings. The molecular weight excluding hydrogens is 326 g/mol. The molecule has 2 aliphatic rings. The first-order valence-electron chi connectivity index (χ1n) is 8.24. The second-order valence-electron chi connectivity index (χ2n) is 6.37. The molecule has 0 atom stereocenters. The van der Waals surface area contributed by atoms with Gasteiger partial charge in [-0.2, -0.15) is 9.57 Å². The van der Waals surface area contributed by atoms with Crippen molar-refractivity contribution in [2.24, 2.45) is 5.92 Å². The van der Waals surface area contributed by atoms with Gasteiger partial charge in [0.05, 0.1) is 11.0 Å². The van der Waals surface area contributed by atoms with Gasteiger partial charge >= 0.3 is 0 Å². The van der Waals surface area contributed by atoms with E-state index in [9.17, 15) is 13.2 Å². The van der Waals surface area contributed by atoms with E-state index in [1.165, 1.54) is 11.2 Å². The Morgan fingerprint density at radius 3 is 2.58 bits per heavy atom. The molecular formula is C17H21N3O3S. The number of piperidine rings is 1. The van der Waals surface area contributed by atoms with Gasteiger partial charge in [0.1, 0.15) is 0 Å². The number of fused-ring (bicyclic) bond motifs is 1. The van der Waals surface area contributed by atoms with Crippen molar-refractivity contribution in [3.8, 4) is 6.07 Å². The molecule has 1 amide bonds. The zero-order valence-electron chi connectivity index (χ0n) is 13.7. The van der Waals surface area contributed by atoms with Gasteiger partial charge < -0.3 is 4.90 Å².